The van der Waals surface area contributed by atoms with E-state index in [1.807, 2.05) is 0 Å². The van der Waals surface area contributed by atoms with Crippen LogP contribution in [0.15, 0.2) is 0 Å². The Labute approximate surface area is 113 Å². The molecule has 0 aliphatic carbocycles. The molecule has 0 radical (unpaired) electrons. The lowest BCUT2D eigenvalue weighted by Gasteiger charge is -2.07. The number of rotatable bonds is 6. The molecule has 0 heterocycles. The fraction of sp³-hybridized carbons (Fsp3) is 0.556. The minimum absolute atomic E-state index is 0.00344. The Morgan fingerprint density at radius 3 is 2.26 bits per heavy atom. The summed E-state index contributed by atoms with van der Waals surface area (Å²) in [7, 11) is 0. The molecule has 0 aliphatic heterocycles. The van der Waals surface area contributed by atoms with Crippen LogP contribution < -0.4 is 5.73 Å². The third kappa shape index (κ3) is 6.74. The third-order valence-electron chi connectivity index (χ3n) is 1.61. The Kier molecular flexibility index (Phi) is 7.72. The Morgan fingerprint density at radius 1 is 1.21 bits per heavy atom. The van der Waals surface area contributed by atoms with Crippen LogP contribution in [0.2, 0.25) is 0 Å². The molecular formula is C9H13NO8S. The number of esters is 1. The molecule has 2 atom stereocenters. The molecule has 0 rings (SSSR count). The second kappa shape index (κ2) is 8.45. The fourth-order valence-corrected chi connectivity index (χ4v) is 0.721. The lowest BCUT2D eigenvalue weighted by molar-refractivity contribution is -0.261. The summed E-state index contributed by atoms with van der Waals surface area (Å²) >= 11 is 3.73. The fourth-order valence-electron chi connectivity index (χ4n) is 0.572. The molecule has 0 fully saturated rings. The summed E-state index contributed by atoms with van der Waals surface area (Å²) in [6.07, 6.45) is -1.52. The lowest BCUT2D eigenvalue weighted by atomic mass is 10.3. The van der Waals surface area contributed by atoms with Gasteiger partial charge in [-0.1, -0.05) is 0 Å². The van der Waals surface area contributed by atoms with Gasteiger partial charge >= 0.3 is 17.9 Å². The zero-order valence-corrected chi connectivity index (χ0v) is 10.8. The van der Waals surface area contributed by atoms with Crippen molar-refractivity contribution in [1.82, 2.24) is 0 Å². The average Bonchev–Trinajstić information content (AvgIpc) is 2.39. The van der Waals surface area contributed by atoms with E-state index in [9.17, 15) is 19.2 Å². The zero-order chi connectivity index (χ0) is 15.0. The highest BCUT2D eigenvalue weighted by Crippen LogP contribution is 1.93. The SMILES string of the molecule is CC(O)C(=O)OOC(=O)C(=O)COC(=O)C(N)CS. The largest absolute Gasteiger partial charge is 0.456 e. The number of hydrogen-bond donors (Lipinski definition) is 3. The van der Waals surface area contributed by atoms with E-state index in [1.54, 1.807) is 0 Å². The van der Waals surface area contributed by atoms with Crippen LogP contribution in [0.3, 0.4) is 0 Å². The normalized spacial score (nSPS) is 13.1. The second-order valence-corrected chi connectivity index (χ2v) is 3.63. The molecule has 2 unspecified atom stereocenters. The van der Waals surface area contributed by atoms with Crippen molar-refractivity contribution in [1.29, 1.82) is 0 Å². The van der Waals surface area contributed by atoms with E-state index in [0.29, 0.717) is 0 Å². The van der Waals surface area contributed by atoms with Gasteiger partial charge in [0, 0.05) is 5.75 Å². The molecule has 0 aromatic carbocycles. The van der Waals surface area contributed by atoms with Crippen LogP contribution in [0, 0.1) is 0 Å². The van der Waals surface area contributed by atoms with Gasteiger partial charge in [-0.05, 0) is 6.92 Å². The van der Waals surface area contributed by atoms with Crippen molar-refractivity contribution in [3.05, 3.63) is 0 Å². The number of ether oxygens (including phenoxy) is 1. The predicted molar refractivity (Wildman–Crippen MR) is 61.7 cm³/mol. The highest BCUT2D eigenvalue weighted by molar-refractivity contribution is 7.80. The summed E-state index contributed by atoms with van der Waals surface area (Å²) in [5.41, 5.74) is 5.23. The minimum Gasteiger partial charge on any atom is -0.456 e. The van der Waals surface area contributed by atoms with Gasteiger partial charge in [-0.3, -0.25) is 9.59 Å². The zero-order valence-electron chi connectivity index (χ0n) is 9.90. The molecule has 10 heteroatoms. The molecule has 0 aromatic heterocycles. The van der Waals surface area contributed by atoms with Crippen LogP contribution in [0.25, 0.3) is 0 Å². The molecule has 9 nitrogen and oxygen atoms in total. The minimum atomic E-state index is -1.55. The van der Waals surface area contributed by atoms with Crippen molar-refractivity contribution in [3.8, 4) is 0 Å². The molecule has 108 valence electrons. The summed E-state index contributed by atoms with van der Waals surface area (Å²) in [5, 5.41) is 8.70. The van der Waals surface area contributed by atoms with Gasteiger partial charge in [-0.25, -0.2) is 19.4 Å². The monoisotopic (exact) mass is 295 g/mol. The van der Waals surface area contributed by atoms with Crippen molar-refractivity contribution in [2.75, 3.05) is 12.4 Å². The van der Waals surface area contributed by atoms with Gasteiger partial charge in [0.05, 0.1) is 0 Å². The molecule has 0 spiro atoms. The van der Waals surface area contributed by atoms with Gasteiger partial charge in [0.25, 0.3) is 5.78 Å². The predicted octanol–water partition coefficient (Wildman–Crippen LogP) is -2.26. The maximum absolute atomic E-state index is 11.1. The summed E-state index contributed by atoms with van der Waals surface area (Å²) in [6.45, 7) is 0.157. The van der Waals surface area contributed by atoms with Gasteiger partial charge in [0.2, 0.25) is 0 Å². The van der Waals surface area contributed by atoms with E-state index in [-0.39, 0.29) is 5.75 Å². The average molecular weight is 295 g/mol. The second-order valence-electron chi connectivity index (χ2n) is 3.27. The molecule has 0 amide bonds. The quantitative estimate of drug-likeness (QED) is 0.163. The van der Waals surface area contributed by atoms with Crippen LogP contribution in [-0.4, -0.2) is 53.3 Å². The highest BCUT2D eigenvalue weighted by Gasteiger charge is 2.23. The van der Waals surface area contributed by atoms with Crippen LogP contribution in [-0.2, 0) is 33.7 Å². The number of Topliss-reactive ketones (excluding diaryl/α,β-unsaturated/α-hetero) is 1. The van der Waals surface area contributed by atoms with Crippen molar-refractivity contribution in [3.63, 3.8) is 0 Å². The summed E-state index contributed by atoms with van der Waals surface area (Å²) in [5.74, 6) is -4.99. The molecule has 0 saturated carbocycles. The summed E-state index contributed by atoms with van der Waals surface area (Å²) < 4.78 is 4.38. The van der Waals surface area contributed by atoms with Crippen molar-refractivity contribution in [2.24, 2.45) is 5.73 Å². The third-order valence-corrected chi connectivity index (χ3v) is 2.01. The van der Waals surface area contributed by atoms with E-state index in [1.165, 1.54) is 0 Å². The maximum Gasteiger partial charge on any atom is 0.425 e. The lowest BCUT2D eigenvalue weighted by Crippen LogP contribution is -2.36. The number of ketones is 1. The molecule has 3 N–H and O–H groups in total. The van der Waals surface area contributed by atoms with Crippen molar-refractivity contribution < 1.29 is 38.8 Å². The van der Waals surface area contributed by atoms with Crippen molar-refractivity contribution in [2.45, 2.75) is 19.1 Å². The van der Waals surface area contributed by atoms with E-state index < -0.39 is 42.4 Å². The van der Waals surface area contributed by atoms with Crippen LogP contribution in [0.1, 0.15) is 6.92 Å². The number of nitrogens with two attached hydrogens (primary N) is 1. The Balaban J connectivity index is 4.05. The van der Waals surface area contributed by atoms with Gasteiger partial charge in [0.15, 0.2) is 12.7 Å². The van der Waals surface area contributed by atoms with Crippen molar-refractivity contribution >= 4 is 36.3 Å². The van der Waals surface area contributed by atoms with Crippen LogP contribution in [0.4, 0.5) is 0 Å². The smallest absolute Gasteiger partial charge is 0.425 e. The van der Waals surface area contributed by atoms with Crippen LogP contribution in [0.5, 0.6) is 0 Å². The molecular weight excluding hydrogens is 282 g/mol. The molecule has 0 aromatic rings. The number of aliphatic hydroxyl groups is 1. The van der Waals surface area contributed by atoms with Gasteiger partial charge < -0.3 is 15.6 Å². The van der Waals surface area contributed by atoms with E-state index >= 15 is 0 Å². The number of carbonyl (C=O) groups is 4. The van der Waals surface area contributed by atoms with Gasteiger partial charge in [-0.2, -0.15) is 12.6 Å². The molecule has 0 aliphatic rings. The first kappa shape index (κ1) is 17.4. The summed E-state index contributed by atoms with van der Waals surface area (Å²) in [4.78, 5) is 51.4. The first-order valence-corrected chi connectivity index (χ1v) is 5.59. The number of hydrogen-bond acceptors (Lipinski definition) is 10. The topological polar surface area (TPSA) is 142 Å². The molecule has 0 saturated heterocycles. The number of aliphatic hydroxyl groups excluding tert-OH is 1. The van der Waals surface area contributed by atoms with Crippen LogP contribution >= 0.6 is 12.6 Å². The van der Waals surface area contributed by atoms with Gasteiger partial charge in [-0.15, -0.1) is 0 Å². The first-order valence-electron chi connectivity index (χ1n) is 4.96. The Hall–Kier alpha value is -1.65. The van der Waals surface area contributed by atoms with Gasteiger partial charge in [0.1, 0.15) is 6.04 Å². The number of carbonyl (C=O) groups excluding carboxylic acids is 4. The van der Waals surface area contributed by atoms with E-state index in [2.05, 4.69) is 27.1 Å². The molecule has 19 heavy (non-hydrogen) atoms. The molecule has 0 bridgehead atoms. The maximum atomic E-state index is 11.1. The standard InChI is InChI=1S/C9H13NO8S/c1-4(11)7(13)17-18-9(15)6(12)2-16-8(14)5(10)3-19/h4-5,11,19H,2-3,10H2,1H3. The summed E-state index contributed by atoms with van der Waals surface area (Å²) in [6, 6.07) is -1.03. The van der Waals surface area contributed by atoms with E-state index in [4.69, 9.17) is 10.8 Å². The van der Waals surface area contributed by atoms with E-state index in [0.717, 1.165) is 6.92 Å². The highest BCUT2D eigenvalue weighted by atomic mass is 32.1. The Morgan fingerprint density at radius 2 is 1.79 bits per heavy atom. The Bertz CT molecular complexity index is 369. The number of thiol groups is 1. The first-order chi connectivity index (χ1) is 8.79.